The normalized spacial score (nSPS) is 14.4. The van der Waals surface area contributed by atoms with Crippen LogP contribution in [-0.4, -0.2) is 66.1 Å². The zero-order valence-corrected chi connectivity index (χ0v) is 10.2. The van der Waals surface area contributed by atoms with Crippen LogP contribution in [0.5, 0.6) is 0 Å². The second-order valence-corrected chi connectivity index (χ2v) is 4.03. The number of carbonyl (C=O) groups is 3. The average molecular weight is 259 g/mol. The highest BCUT2D eigenvalue weighted by molar-refractivity contribution is 5.83. The number of carboxylic acid groups (broad SMARTS) is 1. The molecule has 18 heavy (non-hydrogen) atoms. The third-order valence-electron chi connectivity index (χ3n) is 2.53. The molecule has 102 valence electrons. The van der Waals surface area contributed by atoms with Gasteiger partial charge in [-0.3, -0.25) is 9.63 Å². The van der Waals surface area contributed by atoms with Gasteiger partial charge in [-0.15, -0.1) is 0 Å². The maximum atomic E-state index is 11.7. The first kappa shape index (κ1) is 14.2. The quantitative estimate of drug-likeness (QED) is 0.634. The molecular weight excluding hydrogens is 242 g/mol. The summed E-state index contributed by atoms with van der Waals surface area (Å²) in [4.78, 5) is 40.5. The van der Waals surface area contributed by atoms with Crippen molar-refractivity contribution < 1.29 is 24.3 Å². The lowest BCUT2D eigenvalue weighted by Crippen LogP contribution is -2.44. The first-order valence-electron chi connectivity index (χ1n) is 5.63. The van der Waals surface area contributed by atoms with E-state index in [1.165, 1.54) is 7.05 Å². The number of nitrogens with one attached hydrogen (secondary N) is 1. The summed E-state index contributed by atoms with van der Waals surface area (Å²) in [5.74, 6) is -1.31. The van der Waals surface area contributed by atoms with Gasteiger partial charge in [0.15, 0.2) is 6.61 Å². The molecule has 3 amide bonds. The van der Waals surface area contributed by atoms with Gasteiger partial charge in [0.2, 0.25) is 5.91 Å². The van der Waals surface area contributed by atoms with Crippen LogP contribution >= 0.6 is 0 Å². The molecule has 0 bridgehead atoms. The Morgan fingerprint density at radius 3 is 2.50 bits per heavy atom. The Labute approximate surface area is 104 Å². The number of rotatable bonds is 5. The SMILES string of the molecule is CN(CC(=O)N1CCCC1)C(=O)NOCC(=O)O. The van der Waals surface area contributed by atoms with E-state index >= 15 is 0 Å². The molecule has 1 fully saturated rings. The Kier molecular flexibility index (Phi) is 5.37. The van der Waals surface area contributed by atoms with Crippen molar-refractivity contribution in [3.05, 3.63) is 0 Å². The highest BCUT2D eigenvalue weighted by Gasteiger charge is 2.21. The Bertz CT molecular complexity index is 327. The number of aliphatic carboxylic acids is 1. The Morgan fingerprint density at radius 1 is 1.33 bits per heavy atom. The van der Waals surface area contributed by atoms with Crippen molar-refractivity contribution in [2.24, 2.45) is 0 Å². The molecule has 1 aliphatic heterocycles. The third-order valence-corrected chi connectivity index (χ3v) is 2.53. The van der Waals surface area contributed by atoms with Crippen LogP contribution in [-0.2, 0) is 14.4 Å². The van der Waals surface area contributed by atoms with Gasteiger partial charge in [-0.05, 0) is 12.8 Å². The lowest BCUT2D eigenvalue weighted by molar-refractivity contribution is -0.144. The molecule has 0 radical (unpaired) electrons. The van der Waals surface area contributed by atoms with Gasteiger partial charge in [0, 0.05) is 20.1 Å². The monoisotopic (exact) mass is 259 g/mol. The molecule has 8 heteroatoms. The largest absolute Gasteiger partial charge is 0.479 e. The zero-order chi connectivity index (χ0) is 13.5. The van der Waals surface area contributed by atoms with Crippen LogP contribution in [0.2, 0.25) is 0 Å². The predicted molar refractivity (Wildman–Crippen MR) is 60.6 cm³/mol. The van der Waals surface area contributed by atoms with Crippen molar-refractivity contribution in [1.29, 1.82) is 0 Å². The fraction of sp³-hybridized carbons (Fsp3) is 0.700. The Morgan fingerprint density at radius 2 is 1.94 bits per heavy atom. The van der Waals surface area contributed by atoms with Crippen molar-refractivity contribution in [2.45, 2.75) is 12.8 Å². The van der Waals surface area contributed by atoms with Crippen LogP contribution in [0.3, 0.4) is 0 Å². The van der Waals surface area contributed by atoms with E-state index in [4.69, 9.17) is 5.11 Å². The maximum Gasteiger partial charge on any atom is 0.341 e. The standard InChI is InChI=1S/C10H17N3O5/c1-12(10(17)11-18-7-9(15)16)6-8(14)13-4-2-3-5-13/h2-7H2,1H3,(H,11,17)(H,15,16). The van der Waals surface area contributed by atoms with Crippen molar-refractivity contribution >= 4 is 17.9 Å². The minimum absolute atomic E-state index is 0.0533. The molecule has 2 N–H and O–H groups in total. The van der Waals surface area contributed by atoms with Gasteiger partial charge in [0.1, 0.15) is 6.54 Å². The van der Waals surface area contributed by atoms with Crippen molar-refractivity contribution in [1.82, 2.24) is 15.3 Å². The number of hydrogen-bond acceptors (Lipinski definition) is 4. The highest BCUT2D eigenvalue weighted by Crippen LogP contribution is 2.07. The molecule has 1 rings (SSSR count). The zero-order valence-electron chi connectivity index (χ0n) is 10.2. The van der Waals surface area contributed by atoms with E-state index in [1.54, 1.807) is 4.90 Å². The minimum Gasteiger partial charge on any atom is -0.479 e. The van der Waals surface area contributed by atoms with Crippen molar-refractivity contribution in [2.75, 3.05) is 33.3 Å². The van der Waals surface area contributed by atoms with E-state index in [0.717, 1.165) is 30.8 Å². The van der Waals surface area contributed by atoms with E-state index < -0.39 is 18.6 Å². The predicted octanol–water partition coefficient (Wildman–Crippen LogP) is -0.734. The van der Waals surface area contributed by atoms with Gasteiger partial charge in [-0.2, -0.15) is 0 Å². The number of nitrogens with zero attached hydrogens (tertiary/aromatic N) is 2. The Balaban J connectivity index is 2.25. The molecule has 0 unspecified atom stereocenters. The molecule has 0 saturated carbocycles. The second kappa shape index (κ2) is 6.80. The molecule has 1 aliphatic rings. The Hall–Kier alpha value is -1.83. The number of hydrogen-bond donors (Lipinski definition) is 2. The summed E-state index contributed by atoms with van der Waals surface area (Å²) in [6.45, 7) is 0.773. The average Bonchev–Trinajstić information content (AvgIpc) is 2.81. The van der Waals surface area contributed by atoms with Crippen molar-refractivity contribution in [3.63, 3.8) is 0 Å². The van der Waals surface area contributed by atoms with Crippen LogP contribution in [0, 0.1) is 0 Å². The smallest absolute Gasteiger partial charge is 0.341 e. The molecular formula is C10H17N3O5. The number of carbonyl (C=O) groups excluding carboxylic acids is 2. The number of carboxylic acids is 1. The van der Waals surface area contributed by atoms with E-state index in [2.05, 4.69) is 4.84 Å². The maximum absolute atomic E-state index is 11.7. The fourth-order valence-electron chi connectivity index (χ4n) is 1.58. The summed E-state index contributed by atoms with van der Waals surface area (Å²) >= 11 is 0. The second-order valence-electron chi connectivity index (χ2n) is 4.03. The minimum atomic E-state index is -1.19. The van der Waals surface area contributed by atoms with Gasteiger partial charge >= 0.3 is 12.0 Å². The molecule has 0 aromatic rings. The molecule has 0 atom stereocenters. The number of hydroxylamine groups is 1. The van der Waals surface area contributed by atoms with E-state index in [1.807, 2.05) is 5.48 Å². The molecule has 1 saturated heterocycles. The number of amides is 3. The van der Waals surface area contributed by atoms with Crippen LogP contribution in [0.1, 0.15) is 12.8 Å². The lowest BCUT2D eigenvalue weighted by atomic mass is 10.4. The first-order chi connectivity index (χ1) is 8.50. The molecule has 0 spiro atoms. The van der Waals surface area contributed by atoms with Gasteiger partial charge in [0.05, 0.1) is 0 Å². The van der Waals surface area contributed by atoms with Gasteiger partial charge in [0.25, 0.3) is 0 Å². The van der Waals surface area contributed by atoms with Gasteiger partial charge in [-0.1, -0.05) is 0 Å². The molecule has 0 aliphatic carbocycles. The third kappa shape index (κ3) is 4.58. The summed E-state index contributed by atoms with van der Waals surface area (Å²) in [5.41, 5.74) is 1.95. The van der Waals surface area contributed by atoms with E-state index in [0.29, 0.717) is 0 Å². The fourth-order valence-corrected chi connectivity index (χ4v) is 1.58. The first-order valence-corrected chi connectivity index (χ1v) is 5.63. The summed E-state index contributed by atoms with van der Waals surface area (Å²) in [6.07, 6.45) is 1.98. The molecule has 0 aromatic carbocycles. The lowest BCUT2D eigenvalue weighted by Gasteiger charge is -2.21. The van der Waals surface area contributed by atoms with Crippen molar-refractivity contribution in [3.8, 4) is 0 Å². The molecule has 1 heterocycles. The van der Waals surface area contributed by atoms with E-state index in [9.17, 15) is 14.4 Å². The molecule has 8 nitrogen and oxygen atoms in total. The number of likely N-dealkylation sites (N-methyl/N-ethyl adjacent to an activating group) is 1. The number of urea groups is 1. The van der Waals surface area contributed by atoms with Crippen LogP contribution in [0.4, 0.5) is 4.79 Å². The summed E-state index contributed by atoms with van der Waals surface area (Å²) in [5, 5.41) is 8.30. The van der Waals surface area contributed by atoms with Crippen LogP contribution < -0.4 is 5.48 Å². The summed E-state index contributed by atoms with van der Waals surface area (Å²) in [6, 6.07) is -0.649. The van der Waals surface area contributed by atoms with Crippen LogP contribution in [0.25, 0.3) is 0 Å². The summed E-state index contributed by atoms with van der Waals surface area (Å²) in [7, 11) is 1.44. The topological polar surface area (TPSA) is 99.2 Å². The van der Waals surface area contributed by atoms with E-state index in [-0.39, 0.29) is 12.5 Å². The molecule has 0 aromatic heterocycles. The van der Waals surface area contributed by atoms with Gasteiger partial charge < -0.3 is 14.9 Å². The highest BCUT2D eigenvalue weighted by atomic mass is 16.7. The number of likely N-dealkylation sites (tertiary alicyclic amines) is 1. The van der Waals surface area contributed by atoms with Gasteiger partial charge in [-0.25, -0.2) is 15.1 Å². The summed E-state index contributed by atoms with van der Waals surface area (Å²) < 4.78 is 0. The van der Waals surface area contributed by atoms with Crippen LogP contribution in [0.15, 0.2) is 0 Å².